The molecule has 3 rings (SSSR count). The molecule has 0 aromatic heterocycles. The van der Waals surface area contributed by atoms with E-state index >= 15 is 0 Å². The first-order chi connectivity index (χ1) is 11.1. The zero-order valence-corrected chi connectivity index (χ0v) is 13.6. The van der Waals surface area contributed by atoms with Gasteiger partial charge >= 0.3 is 0 Å². The lowest BCUT2D eigenvalue weighted by atomic mass is 10.1. The van der Waals surface area contributed by atoms with Crippen LogP contribution in [-0.4, -0.2) is 18.6 Å². The fraction of sp³-hybridized carbons (Fsp3) is 0.316. The van der Waals surface area contributed by atoms with E-state index < -0.39 is 0 Å². The van der Waals surface area contributed by atoms with Gasteiger partial charge in [-0.3, -0.25) is 4.79 Å². The Labute approximate surface area is 136 Å². The van der Waals surface area contributed by atoms with E-state index in [0.29, 0.717) is 6.61 Å². The second kappa shape index (κ2) is 6.84. The van der Waals surface area contributed by atoms with Gasteiger partial charge in [0.1, 0.15) is 6.10 Å². The van der Waals surface area contributed by atoms with E-state index in [1.807, 2.05) is 24.3 Å². The van der Waals surface area contributed by atoms with E-state index in [4.69, 9.17) is 4.74 Å². The number of benzene rings is 2. The molecule has 0 saturated carbocycles. The number of rotatable bonds is 4. The lowest BCUT2D eigenvalue weighted by molar-refractivity contribution is -0.124. The molecule has 1 atom stereocenters. The summed E-state index contributed by atoms with van der Waals surface area (Å²) in [5.41, 5.74) is 5.30. The number of aryl methyl sites for hydroxylation is 2. The molecule has 0 aliphatic carbocycles. The highest BCUT2D eigenvalue weighted by Gasteiger charge is 2.23. The van der Waals surface area contributed by atoms with Gasteiger partial charge in [0.25, 0.3) is 5.91 Å². The maximum absolute atomic E-state index is 12.0. The molecule has 0 radical (unpaired) electrons. The van der Waals surface area contributed by atoms with Crippen molar-refractivity contribution in [2.75, 3.05) is 17.2 Å². The SMILES string of the molecule is Cc1ccc(C)c(Nc2ccc(NC(=O)C3CCCO3)cc2)c1. The highest BCUT2D eigenvalue weighted by atomic mass is 16.5. The third kappa shape index (κ3) is 3.90. The third-order valence-corrected chi connectivity index (χ3v) is 4.05. The minimum Gasteiger partial charge on any atom is -0.368 e. The van der Waals surface area contributed by atoms with Crippen LogP contribution < -0.4 is 10.6 Å². The monoisotopic (exact) mass is 310 g/mol. The first kappa shape index (κ1) is 15.6. The van der Waals surface area contributed by atoms with Gasteiger partial charge in [0.05, 0.1) is 0 Å². The summed E-state index contributed by atoms with van der Waals surface area (Å²) < 4.78 is 5.39. The van der Waals surface area contributed by atoms with Crippen LogP contribution in [0.5, 0.6) is 0 Å². The third-order valence-electron chi connectivity index (χ3n) is 4.05. The van der Waals surface area contributed by atoms with Gasteiger partial charge in [-0.1, -0.05) is 12.1 Å². The molecule has 23 heavy (non-hydrogen) atoms. The van der Waals surface area contributed by atoms with Crippen LogP contribution in [0.4, 0.5) is 17.1 Å². The van der Waals surface area contributed by atoms with Crippen molar-refractivity contribution in [3.8, 4) is 0 Å². The highest BCUT2D eigenvalue weighted by Crippen LogP contribution is 2.23. The van der Waals surface area contributed by atoms with Crippen molar-refractivity contribution in [2.24, 2.45) is 0 Å². The van der Waals surface area contributed by atoms with Crippen molar-refractivity contribution in [1.82, 2.24) is 0 Å². The Morgan fingerprint density at radius 2 is 1.83 bits per heavy atom. The molecule has 4 heteroatoms. The number of amides is 1. The fourth-order valence-electron chi connectivity index (χ4n) is 2.67. The Balaban J connectivity index is 1.64. The van der Waals surface area contributed by atoms with Gasteiger partial charge in [0.15, 0.2) is 0 Å². The van der Waals surface area contributed by atoms with Crippen LogP contribution in [0.1, 0.15) is 24.0 Å². The van der Waals surface area contributed by atoms with E-state index in [1.165, 1.54) is 11.1 Å². The molecular weight excluding hydrogens is 288 g/mol. The van der Waals surface area contributed by atoms with Crippen LogP contribution in [-0.2, 0) is 9.53 Å². The summed E-state index contributed by atoms with van der Waals surface area (Å²) in [7, 11) is 0. The summed E-state index contributed by atoms with van der Waals surface area (Å²) in [6.07, 6.45) is 1.46. The molecule has 1 aliphatic heterocycles. The topological polar surface area (TPSA) is 50.4 Å². The molecule has 1 heterocycles. The number of anilines is 3. The number of ether oxygens (including phenoxy) is 1. The van der Waals surface area contributed by atoms with Gasteiger partial charge in [0.2, 0.25) is 0 Å². The highest BCUT2D eigenvalue weighted by molar-refractivity contribution is 5.94. The van der Waals surface area contributed by atoms with Crippen molar-refractivity contribution in [3.63, 3.8) is 0 Å². The molecule has 1 unspecified atom stereocenters. The summed E-state index contributed by atoms with van der Waals surface area (Å²) in [4.78, 5) is 12.0. The first-order valence-electron chi connectivity index (χ1n) is 7.98. The maximum atomic E-state index is 12.0. The molecule has 2 N–H and O–H groups in total. The summed E-state index contributed by atoms with van der Waals surface area (Å²) in [6.45, 7) is 4.84. The first-order valence-corrected chi connectivity index (χ1v) is 7.98. The van der Waals surface area contributed by atoms with Crippen molar-refractivity contribution in [3.05, 3.63) is 53.6 Å². The lowest BCUT2D eigenvalue weighted by Crippen LogP contribution is -2.26. The Kier molecular flexibility index (Phi) is 4.63. The van der Waals surface area contributed by atoms with E-state index in [2.05, 4.69) is 42.7 Å². The summed E-state index contributed by atoms with van der Waals surface area (Å²) in [5.74, 6) is -0.0577. The van der Waals surface area contributed by atoms with Gasteiger partial charge in [-0.2, -0.15) is 0 Å². The van der Waals surface area contributed by atoms with Crippen LogP contribution in [0.3, 0.4) is 0 Å². The number of carbonyl (C=O) groups is 1. The summed E-state index contributed by atoms with van der Waals surface area (Å²) in [5, 5.41) is 6.31. The Hall–Kier alpha value is -2.33. The van der Waals surface area contributed by atoms with Crippen LogP contribution in [0.15, 0.2) is 42.5 Å². The van der Waals surface area contributed by atoms with Crippen molar-refractivity contribution in [1.29, 1.82) is 0 Å². The molecule has 1 fully saturated rings. The summed E-state index contributed by atoms with van der Waals surface area (Å²) in [6, 6.07) is 14.1. The Bertz CT molecular complexity index is 689. The van der Waals surface area contributed by atoms with Crippen LogP contribution in [0, 0.1) is 13.8 Å². The molecule has 0 bridgehead atoms. The minimum atomic E-state index is -0.303. The Morgan fingerprint density at radius 1 is 1.09 bits per heavy atom. The van der Waals surface area contributed by atoms with Crippen molar-refractivity contribution >= 4 is 23.0 Å². The van der Waals surface area contributed by atoms with Crippen LogP contribution >= 0.6 is 0 Å². The average molecular weight is 310 g/mol. The minimum absolute atomic E-state index is 0.0577. The van der Waals surface area contributed by atoms with E-state index in [9.17, 15) is 4.79 Å². The number of hydrogen-bond acceptors (Lipinski definition) is 3. The van der Waals surface area contributed by atoms with Gasteiger partial charge in [-0.15, -0.1) is 0 Å². The normalized spacial score (nSPS) is 17.0. The zero-order chi connectivity index (χ0) is 16.2. The van der Waals surface area contributed by atoms with E-state index in [0.717, 1.165) is 29.9 Å². The molecule has 1 saturated heterocycles. The van der Waals surface area contributed by atoms with Gasteiger partial charge < -0.3 is 15.4 Å². The smallest absolute Gasteiger partial charge is 0.253 e. The molecule has 0 spiro atoms. The van der Waals surface area contributed by atoms with Crippen LogP contribution in [0.2, 0.25) is 0 Å². The Morgan fingerprint density at radius 3 is 2.52 bits per heavy atom. The quantitative estimate of drug-likeness (QED) is 0.891. The standard InChI is InChI=1S/C19H22N2O2/c1-13-5-6-14(2)17(12-13)20-15-7-9-16(10-8-15)21-19(22)18-4-3-11-23-18/h5-10,12,18,20H,3-4,11H2,1-2H3,(H,21,22). The van der Waals surface area contributed by atoms with Crippen molar-refractivity contribution < 1.29 is 9.53 Å². The van der Waals surface area contributed by atoms with Crippen LogP contribution in [0.25, 0.3) is 0 Å². The summed E-state index contributed by atoms with van der Waals surface area (Å²) >= 11 is 0. The molecular formula is C19H22N2O2. The number of hydrogen-bond donors (Lipinski definition) is 2. The zero-order valence-electron chi connectivity index (χ0n) is 13.6. The molecule has 1 amide bonds. The van der Waals surface area contributed by atoms with Gasteiger partial charge in [-0.05, 0) is 68.1 Å². The number of nitrogens with one attached hydrogen (secondary N) is 2. The average Bonchev–Trinajstić information content (AvgIpc) is 3.07. The second-order valence-electron chi connectivity index (χ2n) is 6.01. The number of carbonyl (C=O) groups excluding carboxylic acids is 1. The van der Waals surface area contributed by atoms with Crippen molar-refractivity contribution in [2.45, 2.75) is 32.8 Å². The maximum Gasteiger partial charge on any atom is 0.253 e. The molecule has 1 aliphatic rings. The second-order valence-corrected chi connectivity index (χ2v) is 6.01. The molecule has 2 aromatic rings. The molecule has 2 aromatic carbocycles. The predicted molar refractivity (Wildman–Crippen MR) is 93.2 cm³/mol. The van der Waals surface area contributed by atoms with Gasteiger partial charge in [-0.25, -0.2) is 0 Å². The van der Waals surface area contributed by atoms with Gasteiger partial charge in [0, 0.05) is 23.7 Å². The lowest BCUT2D eigenvalue weighted by Gasteiger charge is -2.13. The predicted octanol–water partition coefficient (Wildman–Crippen LogP) is 4.16. The van der Waals surface area contributed by atoms with E-state index in [1.54, 1.807) is 0 Å². The fourth-order valence-corrected chi connectivity index (χ4v) is 2.67. The molecule has 4 nitrogen and oxygen atoms in total. The molecule has 120 valence electrons. The van der Waals surface area contributed by atoms with E-state index in [-0.39, 0.29) is 12.0 Å². The largest absolute Gasteiger partial charge is 0.368 e.